The van der Waals surface area contributed by atoms with Crippen molar-refractivity contribution in [3.63, 3.8) is 0 Å². The minimum atomic E-state index is 0.486. The quantitative estimate of drug-likeness (QED) is 0.665. The smallest absolute Gasteiger partial charge is 0.216 e. The van der Waals surface area contributed by atoms with Crippen molar-refractivity contribution < 1.29 is 4.42 Å². The van der Waals surface area contributed by atoms with E-state index in [0.29, 0.717) is 23.5 Å². The minimum Gasteiger partial charge on any atom is -0.461 e. The van der Waals surface area contributed by atoms with E-state index in [1.54, 1.807) is 6.26 Å². The zero-order chi connectivity index (χ0) is 16.4. The van der Waals surface area contributed by atoms with E-state index in [-0.39, 0.29) is 0 Å². The monoisotopic (exact) mass is 328 g/mol. The highest BCUT2D eigenvalue weighted by Crippen LogP contribution is 2.47. The molecule has 1 saturated carbocycles. The van der Waals surface area contributed by atoms with Crippen LogP contribution in [-0.2, 0) is 6.54 Å². The summed E-state index contributed by atoms with van der Waals surface area (Å²) in [5.74, 6) is 2.97. The number of guanidine groups is 1. The molecule has 0 atom stereocenters. The maximum absolute atomic E-state index is 5.32. The third-order valence-electron chi connectivity index (χ3n) is 5.14. The average molecular weight is 328 g/mol. The minimum absolute atomic E-state index is 0.486. The van der Waals surface area contributed by atoms with Crippen LogP contribution in [-0.4, -0.2) is 45.7 Å². The van der Waals surface area contributed by atoms with Crippen molar-refractivity contribution >= 4 is 5.96 Å². The highest BCUT2D eigenvalue weighted by Gasteiger charge is 2.43. The number of aromatic amines is 1. The third kappa shape index (κ3) is 2.90. The van der Waals surface area contributed by atoms with Crippen LogP contribution >= 0.6 is 0 Å². The zero-order valence-electron chi connectivity index (χ0n) is 14.1. The molecule has 1 saturated heterocycles. The Kier molecular flexibility index (Phi) is 4.00. The van der Waals surface area contributed by atoms with Gasteiger partial charge in [0.1, 0.15) is 12.4 Å². The van der Waals surface area contributed by atoms with Crippen molar-refractivity contribution in [2.75, 3.05) is 19.6 Å². The summed E-state index contributed by atoms with van der Waals surface area (Å²) in [4.78, 5) is 11.6. The molecule has 3 heterocycles. The Morgan fingerprint density at radius 1 is 1.46 bits per heavy atom. The lowest BCUT2D eigenvalue weighted by Crippen LogP contribution is -2.42. The van der Waals surface area contributed by atoms with Gasteiger partial charge in [-0.25, -0.2) is 9.98 Å². The van der Waals surface area contributed by atoms with Crippen LogP contribution in [0.4, 0.5) is 0 Å². The Morgan fingerprint density at radius 2 is 2.38 bits per heavy atom. The second-order valence-corrected chi connectivity index (χ2v) is 6.78. The zero-order valence-corrected chi connectivity index (χ0v) is 14.1. The van der Waals surface area contributed by atoms with Crippen LogP contribution in [0.25, 0.3) is 11.6 Å². The molecule has 7 nitrogen and oxygen atoms in total. The Hall–Kier alpha value is -2.31. The fourth-order valence-electron chi connectivity index (χ4n) is 3.66. The number of likely N-dealkylation sites (tertiary alicyclic amines) is 1. The van der Waals surface area contributed by atoms with Crippen molar-refractivity contribution in [1.82, 2.24) is 25.4 Å². The molecular formula is C17H24N6O. The van der Waals surface area contributed by atoms with Gasteiger partial charge in [-0.1, -0.05) is 6.42 Å². The first-order valence-corrected chi connectivity index (χ1v) is 8.76. The molecule has 1 spiro atoms. The Bertz CT molecular complexity index is 700. The van der Waals surface area contributed by atoms with Gasteiger partial charge in [-0.3, -0.25) is 5.10 Å². The highest BCUT2D eigenvalue weighted by molar-refractivity contribution is 5.80. The fourth-order valence-corrected chi connectivity index (χ4v) is 3.66. The molecule has 2 aromatic heterocycles. The molecule has 0 bridgehead atoms. The van der Waals surface area contributed by atoms with E-state index < -0.39 is 0 Å². The van der Waals surface area contributed by atoms with Gasteiger partial charge in [-0.15, -0.1) is 5.10 Å². The molecule has 1 aliphatic carbocycles. The number of H-pyrrole nitrogens is 1. The van der Waals surface area contributed by atoms with E-state index in [4.69, 9.17) is 9.41 Å². The average Bonchev–Trinajstić information content (AvgIpc) is 3.30. The van der Waals surface area contributed by atoms with Gasteiger partial charge in [0.15, 0.2) is 11.7 Å². The summed E-state index contributed by atoms with van der Waals surface area (Å²) in [5.41, 5.74) is 0.564. The van der Waals surface area contributed by atoms with Crippen LogP contribution in [0.5, 0.6) is 0 Å². The van der Waals surface area contributed by atoms with Crippen LogP contribution in [0.3, 0.4) is 0 Å². The summed E-state index contributed by atoms with van der Waals surface area (Å²) in [7, 11) is 0. The molecule has 0 amide bonds. The third-order valence-corrected chi connectivity index (χ3v) is 5.14. The summed E-state index contributed by atoms with van der Waals surface area (Å²) in [6, 6.07) is 3.68. The molecule has 0 radical (unpaired) electrons. The molecule has 0 aromatic carbocycles. The maximum Gasteiger partial charge on any atom is 0.216 e. The second-order valence-electron chi connectivity index (χ2n) is 6.78. The lowest BCUT2D eigenvalue weighted by atomic mass is 9.68. The molecule has 2 aromatic rings. The lowest BCUT2D eigenvalue weighted by molar-refractivity contribution is 0.151. The molecule has 2 N–H and O–H groups in total. The van der Waals surface area contributed by atoms with Gasteiger partial charge in [0.2, 0.25) is 5.82 Å². The molecular weight excluding hydrogens is 304 g/mol. The number of aromatic nitrogens is 3. The van der Waals surface area contributed by atoms with E-state index in [0.717, 1.165) is 31.4 Å². The van der Waals surface area contributed by atoms with E-state index in [2.05, 4.69) is 32.3 Å². The van der Waals surface area contributed by atoms with Crippen molar-refractivity contribution in [3.05, 3.63) is 24.2 Å². The van der Waals surface area contributed by atoms with E-state index >= 15 is 0 Å². The normalized spacial score (nSPS) is 19.7. The molecule has 128 valence electrons. The number of nitrogens with zero attached hydrogens (tertiary/aromatic N) is 4. The van der Waals surface area contributed by atoms with Crippen molar-refractivity contribution in [3.8, 4) is 11.6 Å². The standard InChI is InChI=1S/C17H24N6O/c1-2-18-16(23-9-8-17(12-23)6-4-7-17)19-11-14-20-15(22-21-14)13-5-3-10-24-13/h3,5,10H,2,4,6-9,11-12H2,1H3,(H,18,19)(H,20,21,22). The summed E-state index contributed by atoms with van der Waals surface area (Å²) in [6.07, 6.45) is 7.04. The molecule has 0 unspecified atom stereocenters. The Morgan fingerprint density at radius 3 is 3.04 bits per heavy atom. The molecule has 2 fully saturated rings. The largest absolute Gasteiger partial charge is 0.461 e. The number of rotatable bonds is 4. The number of hydrogen-bond donors (Lipinski definition) is 2. The fraction of sp³-hybridized carbons (Fsp3) is 0.588. The van der Waals surface area contributed by atoms with Gasteiger partial charge in [-0.05, 0) is 43.7 Å². The molecule has 4 rings (SSSR count). The second kappa shape index (κ2) is 6.30. The molecule has 24 heavy (non-hydrogen) atoms. The number of aliphatic imine (C=N–C) groups is 1. The van der Waals surface area contributed by atoms with Crippen LogP contribution in [0.1, 0.15) is 38.4 Å². The lowest BCUT2D eigenvalue weighted by Gasteiger charge is -2.38. The summed E-state index contributed by atoms with van der Waals surface area (Å²) < 4.78 is 5.32. The first-order chi connectivity index (χ1) is 11.8. The molecule has 2 aliphatic rings. The van der Waals surface area contributed by atoms with Crippen molar-refractivity contribution in [2.24, 2.45) is 10.4 Å². The van der Waals surface area contributed by atoms with E-state index in [9.17, 15) is 0 Å². The van der Waals surface area contributed by atoms with Crippen LogP contribution < -0.4 is 5.32 Å². The first-order valence-electron chi connectivity index (χ1n) is 8.76. The first kappa shape index (κ1) is 15.2. The van der Waals surface area contributed by atoms with Gasteiger partial charge in [0.25, 0.3) is 0 Å². The van der Waals surface area contributed by atoms with Crippen molar-refractivity contribution in [1.29, 1.82) is 0 Å². The van der Waals surface area contributed by atoms with Crippen LogP contribution in [0.15, 0.2) is 27.8 Å². The number of furan rings is 1. The Labute approximate surface area is 141 Å². The maximum atomic E-state index is 5.32. The van der Waals surface area contributed by atoms with Crippen molar-refractivity contribution in [2.45, 2.75) is 39.2 Å². The van der Waals surface area contributed by atoms with Gasteiger partial charge in [0.05, 0.1) is 6.26 Å². The topological polar surface area (TPSA) is 82.3 Å². The van der Waals surface area contributed by atoms with Crippen LogP contribution in [0.2, 0.25) is 0 Å². The molecule has 7 heteroatoms. The van der Waals surface area contributed by atoms with Gasteiger partial charge < -0.3 is 14.6 Å². The summed E-state index contributed by atoms with van der Waals surface area (Å²) in [5, 5.41) is 10.5. The number of nitrogens with one attached hydrogen (secondary N) is 2. The van der Waals surface area contributed by atoms with E-state index in [1.807, 2.05) is 12.1 Å². The highest BCUT2D eigenvalue weighted by atomic mass is 16.3. The van der Waals surface area contributed by atoms with Crippen LogP contribution in [0, 0.1) is 5.41 Å². The predicted octanol–water partition coefficient (Wildman–Crippen LogP) is 2.41. The van der Waals surface area contributed by atoms with Gasteiger partial charge in [-0.2, -0.15) is 0 Å². The van der Waals surface area contributed by atoms with Gasteiger partial charge >= 0.3 is 0 Å². The predicted molar refractivity (Wildman–Crippen MR) is 91.4 cm³/mol. The number of hydrogen-bond acceptors (Lipinski definition) is 4. The SMILES string of the molecule is CCNC(=NCc1nc(-c2ccco2)n[nH]1)N1CCC2(CCC2)C1. The Balaban J connectivity index is 1.44. The van der Waals surface area contributed by atoms with E-state index in [1.165, 1.54) is 25.7 Å². The summed E-state index contributed by atoms with van der Waals surface area (Å²) >= 11 is 0. The van der Waals surface area contributed by atoms with Gasteiger partial charge in [0, 0.05) is 19.6 Å². The molecule has 1 aliphatic heterocycles. The summed E-state index contributed by atoms with van der Waals surface area (Å²) in [6.45, 7) is 5.69.